The molecular weight excluding hydrogens is 328 g/mol. The molecule has 104 valence electrons. The summed E-state index contributed by atoms with van der Waals surface area (Å²) in [4.78, 5) is 0. The number of hydrogen-bond donors (Lipinski definition) is 1. The number of nitrogens with zero attached hydrogens (tertiary/aromatic N) is 1. The number of halogens is 1. The molecule has 0 saturated carbocycles. The first-order valence-electron chi connectivity index (χ1n) is 6.54. The lowest BCUT2D eigenvalue weighted by atomic mass is 10.00. The van der Waals surface area contributed by atoms with Crippen molar-refractivity contribution in [1.29, 1.82) is 5.26 Å². The van der Waals surface area contributed by atoms with Gasteiger partial charge in [-0.15, -0.1) is 0 Å². The average molecular weight is 341 g/mol. The zero-order valence-corrected chi connectivity index (χ0v) is 13.0. The Morgan fingerprint density at radius 1 is 1.24 bits per heavy atom. The van der Waals surface area contributed by atoms with Crippen molar-refractivity contribution in [2.24, 2.45) is 5.73 Å². The molecule has 21 heavy (non-hydrogen) atoms. The second-order valence-corrected chi connectivity index (χ2v) is 5.86. The van der Waals surface area contributed by atoms with Crippen LogP contribution in [0.15, 0.2) is 51.4 Å². The van der Waals surface area contributed by atoms with E-state index in [1.807, 2.05) is 37.3 Å². The smallest absolute Gasteiger partial charge is 0.134 e. The van der Waals surface area contributed by atoms with Crippen LogP contribution in [0, 0.1) is 18.3 Å². The molecule has 0 fully saturated rings. The predicted molar refractivity (Wildman–Crippen MR) is 85.8 cm³/mol. The van der Waals surface area contributed by atoms with E-state index in [0.29, 0.717) is 5.56 Å². The average Bonchev–Trinajstić information content (AvgIpc) is 2.83. The van der Waals surface area contributed by atoms with Crippen LogP contribution in [0.25, 0.3) is 11.0 Å². The first-order valence-corrected chi connectivity index (χ1v) is 7.33. The molecule has 3 aromatic rings. The van der Waals surface area contributed by atoms with Gasteiger partial charge in [0.1, 0.15) is 11.3 Å². The lowest BCUT2D eigenvalue weighted by molar-refractivity contribution is 0.521. The molecule has 0 amide bonds. The fourth-order valence-corrected chi connectivity index (χ4v) is 2.82. The maximum atomic E-state index is 8.99. The van der Waals surface area contributed by atoms with Crippen molar-refractivity contribution in [1.82, 2.24) is 0 Å². The van der Waals surface area contributed by atoms with E-state index in [4.69, 9.17) is 15.4 Å². The summed E-state index contributed by atoms with van der Waals surface area (Å²) in [6.07, 6.45) is 0. The Morgan fingerprint density at radius 3 is 2.81 bits per heavy atom. The highest BCUT2D eigenvalue weighted by Gasteiger charge is 2.19. The molecule has 0 radical (unpaired) electrons. The van der Waals surface area contributed by atoms with Crippen molar-refractivity contribution in [2.45, 2.75) is 13.0 Å². The van der Waals surface area contributed by atoms with Crippen molar-refractivity contribution >= 4 is 26.9 Å². The van der Waals surface area contributed by atoms with Crippen LogP contribution in [0.3, 0.4) is 0 Å². The molecule has 0 saturated heterocycles. The highest BCUT2D eigenvalue weighted by molar-refractivity contribution is 9.10. The van der Waals surface area contributed by atoms with Gasteiger partial charge in [-0.25, -0.2) is 0 Å². The first kappa shape index (κ1) is 13.9. The van der Waals surface area contributed by atoms with Crippen LogP contribution in [0.4, 0.5) is 0 Å². The molecule has 2 aromatic carbocycles. The van der Waals surface area contributed by atoms with E-state index in [1.165, 1.54) is 0 Å². The van der Waals surface area contributed by atoms with Crippen LogP contribution in [0.5, 0.6) is 0 Å². The van der Waals surface area contributed by atoms with Gasteiger partial charge < -0.3 is 10.2 Å². The van der Waals surface area contributed by atoms with Gasteiger partial charge in [0, 0.05) is 15.4 Å². The Balaban J connectivity index is 2.11. The monoisotopic (exact) mass is 340 g/mol. The van der Waals surface area contributed by atoms with Crippen LogP contribution >= 0.6 is 15.9 Å². The summed E-state index contributed by atoms with van der Waals surface area (Å²) in [6.45, 7) is 2.00. The van der Waals surface area contributed by atoms with E-state index in [0.717, 1.165) is 32.3 Å². The molecule has 2 N–H and O–H groups in total. The van der Waals surface area contributed by atoms with Gasteiger partial charge in [-0.2, -0.15) is 5.26 Å². The third-order valence-corrected chi connectivity index (χ3v) is 4.09. The molecule has 4 heteroatoms. The van der Waals surface area contributed by atoms with Gasteiger partial charge in [0.05, 0.1) is 17.7 Å². The number of aryl methyl sites for hydroxylation is 1. The Bertz CT molecular complexity index is 861. The highest BCUT2D eigenvalue weighted by Crippen LogP contribution is 2.33. The van der Waals surface area contributed by atoms with Gasteiger partial charge >= 0.3 is 0 Å². The number of hydrogen-bond acceptors (Lipinski definition) is 3. The van der Waals surface area contributed by atoms with E-state index in [-0.39, 0.29) is 6.04 Å². The van der Waals surface area contributed by atoms with Crippen LogP contribution in [-0.2, 0) is 0 Å². The Kier molecular flexibility index (Phi) is 3.54. The molecular formula is C17H13BrN2O. The van der Waals surface area contributed by atoms with Gasteiger partial charge in [-0.1, -0.05) is 28.1 Å². The molecule has 0 aliphatic carbocycles. The molecule has 0 aliphatic heterocycles. The number of rotatable bonds is 2. The molecule has 1 atom stereocenters. The number of nitriles is 1. The molecule has 1 heterocycles. The standard InChI is InChI=1S/C17H13BrN2O/c1-10-14-8-13(18)5-6-15(14)21-17(10)16(20)12-4-2-3-11(7-12)9-19/h2-8,16H,20H2,1H3. The Labute approximate surface area is 131 Å². The largest absolute Gasteiger partial charge is 0.459 e. The minimum absolute atomic E-state index is 0.385. The molecule has 3 nitrogen and oxygen atoms in total. The van der Waals surface area contributed by atoms with Crippen molar-refractivity contribution < 1.29 is 4.42 Å². The van der Waals surface area contributed by atoms with Crippen molar-refractivity contribution in [3.05, 3.63) is 69.4 Å². The molecule has 1 aromatic heterocycles. The van der Waals surface area contributed by atoms with Crippen LogP contribution in [-0.4, -0.2) is 0 Å². The zero-order valence-electron chi connectivity index (χ0n) is 11.4. The lowest BCUT2D eigenvalue weighted by Crippen LogP contribution is -2.12. The van der Waals surface area contributed by atoms with Crippen molar-refractivity contribution in [3.8, 4) is 6.07 Å². The predicted octanol–water partition coefficient (Wildman–Crippen LogP) is 4.42. The molecule has 1 unspecified atom stereocenters. The normalized spacial score (nSPS) is 12.3. The van der Waals surface area contributed by atoms with Gasteiger partial charge in [0.2, 0.25) is 0 Å². The summed E-state index contributed by atoms with van der Waals surface area (Å²) in [5, 5.41) is 10.0. The maximum absolute atomic E-state index is 8.99. The summed E-state index contributed by atoms with van der Waals surface area (Å²) in [5.41, 5.74) is 9.64. The van der Waals surface area contributed by atoms with E-state index in [1.54, 1.807) is 12.1 Å². The third kappa shape index (κ3) is 2.46. The maximum Gasteiger partial charge on any atom is 0.134 e. The zero-order chi connectivity index (χ0) is 15.0. The van der Waals surface area contributed by atoms with Crippen LogP contribution in [0.1, 0.15) is 28.5 Å². The second kappa shape index (κ2) is 5.36. The molecule has 0 bridgehead atoms. The van der Waals surface area contributed by atoms with Gasteiger partial charge in [0.25, 0.3) is 0 Å². The fraction of sp³-hybridized carbons (Fsp3) is 0.118. The van der Waals surface area contributed by atoms with E-state index in [9.17, 15) is 0 Å². The SMILES string of the molecule is Cc1c(C(N)c2cccc(C#N)c2)oc2ccc(Br)cc12. The van der Waals surface area contributed by atoms with Gasteiger partial charge in [0.15, 0.2) is 0 Å². The van der Waals surface area contributed by atoms with Crippen LogP contribution < -0.4 is 5.73 Å². The number of furan rings is 1. The first-order chi connectivity index (χ1) is 10.1. The van der Waals surface area contributed by atoms with Gasteiger partial charge in [-0.05, 0) is 42.8 Å². The summed E-state index contributed by atoms with van der Waals surface area (Å²) >= 11 is 3.47. The van der Waals surface area contributed by atoms with Crippen LogP contribution in [0.2, 0.25) is 0 Å². The van der Waals surface area contributed by atoms with E-state index in [2.05, 4.69) is 22.0 Å². The fourth-order valence-electron chi connectivity index (χ4n) is 2.46. The number of fused-ring (bicyclic) bond motifs is 1. The van der Waals surface area contributed by atoms with E-state index >= 15 is 0 Å². The molecule has 3 rings (SSSR count). The van der Waals surface area contributed by atoms with Gasteiger partial charge in [-0.3, -0.25) is 0 Å². The minimum atomic E-state index is -0.385. The third-order valence-electron chi connectivity index (χ3n) is 3.59. The number of benzene rings is 2. The summed E-state index contributed by atoms with van der Waals surface area (Å²) < 4.78 is 6.92. The summed E-state index contributed by atoms with van der Waals surface area (Å²) in [6, 6.07) is 14.9. The quantitative estimate of drug-likeness (QED) is 0.750. The Hall–Kier alpha value is -2.09. The Morgan fingerprint density at radius 2 is 2.05 bits per heavy atom. The summed E-state index contributed by atoms with van der Waals surface area (Å²) in [7, 11) is 0. The van der Waals surface area contributed by atoms with Crippen molar-refractivity contribution in [2.75, 3.05) is 0 Å². The molecule has 0 spiro atoms. The lowest BCUT2D eigenvalue weighted by Gasteiger charge is -2.10. The molecule has 0 aliphatic rings. The van der Waals surface area contributed by atoms with Crippen molar-refractivity contribution in [3.63, 3.8) is 0 Å². The summed E-state index contributed by atoms with van der Waals surface area (Å²) in [5.74, 6) is 0.734. The minimum Gasteiger partial charge on any atom is -0.459 e. The number of nitrogens with two attached hydrogens (primary N) is 1. The van der Waals surface area contributed by atoms with E-state index < -0.39 is 0 Å². The topological polar surface area (TPSA) is 63.0 Å². The highest BCUT2D eigenvalue weighted by atomic mass is 79.9. The second-order valence-electron chi connectivity index (χ2n) is 4.95.